The number of carbonyl (C=O) groups is 2. The molecule has 0 aromatic carbocycles. The number of Topliss-reactive ketones (excluding diaryl/α,β-unsaturated/α-hetero) is 1. The van der Waals surface area contributed by atoms with E-state index in [1.54, 1.807) is 4.90 Å². The number of nitrogens with zero attached hydrogens (tertiary/aromatic N) is 3. The molecule has 5 nitrogen and oxygen atoms in total. The Bertz CT molecular complexity index is 1130. The predicted octanol–water partition coefficient (Wildman–Crippen LogP) is 3.88. The number of rotatable bonds is 5. The molecule has 6 heteroatoms. The molecule has 1 saturated carbocycles. The first-order chi connectivity index (χ1) is 15.0. The average Bonchev–Trinajstić information content (AvgIpc) is 3.51. The minimum Gasteiger partial charge on any atom is -0.334 e. The molecule has 0 spiro atoms. The lowest BCUT2D eigenvalue weighted by molar-refractivity contribution is -0.119. The number of carbonyl (C=O) groups excluding carboxylic acids is 2. The number of aromatic nitrogens is 2. The van der Waals surface area contributed by atoms with E-state index in [1.807, 2.05) is 0 Å². The van der Waals surface area contributed by atoms with Crippen molar-refractivity contribution in [1.29, 1.82) is 0 Å². The number of hydrogen-bond acceptors (Lipinski definition) is 4. The maximum atomic E-state index is 14.0. The zero-order chi connectivity index (χ0) is 21.5. The molecular weight excluding hydrogens is 393 g/mol. The molecule has 31 heavy (non-hydrogen) atoms. The van der Waals surface area contributed by atoms with Gasteiger partial charge in [0, 0.05) is 49.3 Å². The third-order valence-corrected chi connectivity index (χ3v) is 6.33. The molecule has 0 saturated heterocycles. The van der Waals surface area contributed by atoms with Gasteiger partial charge in [0.1, 0.15) is 5.78 Å². The van der Waals surface area contributed by atoms with Crippen molar-refractivity contribution in [2.45, 2.75) is 32.6 Å². The summed E-state index contributed by atoms with van der Waals surface area (Å²) in [7, 11) is 0. The Balaban J connectivity index is 1.43. The van der Waals surface area contributed by atoms with Crippen LogP contribution in [0.4, 0.5) is 4.39 Å². The van der Waals surface area contributed by atoms with Crippen molar-refractivity contribution < 1.29 is 14.0 Å². The van der Waals surface area contributed by atoms with Gasteiger partial charge in [-0.25, -0.2) is 4.39 Å². The molecule has 158 valence electrons. The Morgan fingerprint density at radius 3 is 2.87 bits per heavy atom. The number of allylic oxidation sites excluding steroid dienone is 1. The summed E-state index contributed by atoms with van der Waals surface area (Å²) in [6.45, 7) is 3.00. The molecule has 1 amide bonds. The van der Waals surface area contributed by atoms with Crippen LogP contribution < -0.4 is 0 Å². The molecule has 3 aliphatic rings. The van der Waals surface area contributed by atoms with Crippen molar-refractivity contribution in [2.75, 3.05) is 13.1 Å². The zero-order valence-corrected chi connectivity index (χ0v) is 17.5. The molecule has 2 aromatic rings. The highest BCUT2D eigenvalue weighted by Crippen LogP contribution is 2.36. The highest BCUT2D eigenvalue weighted by molar-refractivity contribution is 5.95. The van der Waals surface area contributed by atoms with Crippen LogP contribution in [0.15, 0.2) is 36.7 Å². The van der Waals surface area contributed by atoms with Crippen molar-refractivity contribution in [1.82, 2.24) is 14.9 Å². The van der Waals surface area contributed by atoms with E-state index < -0.39 is 5.82 Å². The lowest BCUT2D eigenvalue weighted by atomic mass is 9.87. The van der Waals surface area contributed by atoms with Crippen molar-refractivity contribution in [3.63, 3.8) is 0 Å². The first kappa shape index (κ1) is 19.8. The number of halogens is 1. The Hall–Kier alpha value is -3.15. The molecule has 1 fully saturated rings. The Kier molecular flexibility index (Phi) is 5.00. The third kappa shape index (κ3) is 3.82. The summed E-state index contributed by atoms with van der Waals surface area (Å²) in [4.78, 5) is 35.3. The van der Waals surface area contributed by atoms with Crippen molar-refractivity contribution in [3.8, 4) is 0 Å². The topological polar surface area (TPSA) is 63.2 Å². The molecule has 1 atom stereocenters. The van der Waals surface area contributed by atoms with Crippen LogP contribution in [0.3, 0.4) is 0 Å². The summed E-state index contributed by atoms with van der Waals surface area (Å²) in [6, 6.07) is 3.47. The van der Waals surface area contributed by atoms with Crippen molar-refractivity contribution >= 4 is 23.3 Å². The number of hydrogen-bond donors (Lipinski definition) is 0. The Morgan fingerprint density at radius 1 is 1.29 bits per heavy atom. The summed E-state index contributed by atoms with van der Waals surface area (Å²) >= 11 is 0. The van der Waals surface area contributed by atoms with E-state index in [1.165, 1.54) is 12.3 Å². The van der Waals surface area contributed by atoms with Gasteiger partial charge < -0.3 is 4.90 Å². The Morgan fingerprint density at radius 2 is 2.13 bits per heavy atom. The second-order valence-corrected chi connectivity index (χ2v) is 8.67. The van der Waals surface area contributed by atoms with E-state index in [4.69, 9.17) is 4.98 Å². The van der Waals surface area contributed by atoms with Crippen LogP contribution in [0, 0.1) is 17.7 Å². The SMILES string of the molecule is CC1CN(C(=O)c2ccncc2F)CC=C1c1cc(CC(=O)C2CC2)nc2c1C=CC2. The van der Waals surface area contributed by atoms with Crippen LogP contribution in [0.5, 0.6) is 0 Å². The fourth-order valence-electron chi connectivity index (χ4n) is 4.53. The average molecular weight is 417 g/mol. The molecule has 2 aliphatic carbocycles. The van der Waals surface area contributed by atoms with E-state index in [0.29, 0.717) is 19.5 Å². The second kappa shape index (κ2) is 7.84. The molecule has 1 unspecified atom stereocenters. The lowest BCUT2D eigenvalue weighted by Gasteiger charge is -2.32. The lowest BCUT2D eigenvalue weighted by Crippen LogP contribution is -2.38. The first-order valence-corrected chi connectivity index (χ1v) is 10.8. The van der Waals surface area contributed by atoms with Gasteiger partial charge in [-0.1, -0.05) is 25.2 Å². The van der Waals surface area contributed by atoms with Gasteiger partial charge in [0.15, 0.2) is 5.82 Å². The van der Waals surface area contributed by atoms with Gasteiger partial charge in [0.2, 0.25) is 0 Å². The van der Waals surface area contributed by atoms with Crippen LogP contribution in [-0.2, 0) is 17.6 Å². The molecule has 5 rings (SSSR count). The van der Waals surface area contributed by atoms with Crippen LogP contribution in [0.25, 0.3) is 11.6 Å². The van der Waals surface area contributed by atoms with Gasteiger partial charge in [0.25, 0.3) is 5.91 Å². The summed E-state index contributed by atoms with van der Waals surface area (Å²) in [5.74, 6) is -0.339. The summed E-state index contributed by atoms with van der Waals surface area (Å²) < 4.78 is 14.0. The summed E-state index contributed by atoms with van der Waals surface area (Å²) in [5, 5.41) is 0. The number of fused-ring (bicyclic) bond motifs is 1. The molecule has 0 bridgehead atoms. The number of pyridine rings is 2. The first-order valence-electron chi connectivity index (χ1n) is 10.8. The smallest absolute Gasteiger partial charge is 0.257 e. The van der Waals surface area contributed by atoms with Gasteiger partial charge in [0.05, 0.1) is 17.5 Å². The van der Waals surface area contributed by atoms with Gasteiger partial charge >= 0.3 is 0 Å². The molecule has 0 N–H and O–H groups in total. The summed E-state index contributed by atoms with van der Waals surface area (Å²) in [6.07, 6.45) is 11.9. The fraction of sp³-hybridized carbons (Fsp3) is 0.360. The zero-order valence-electron chi connectivity index (χ0n) is 17.5. The predicted molar refractivity (Wildman–Crippen MR) is 116 cm³/mol. The van der Waals surface area contributed by atoms with Gasteiger partial charge in [-0.3, -0.25) is 19.6 Å². The van der Waals surface area contributed by atoms with Crippen LogP contribution >= 0.6 is 0 Å². The third-order valence-electron chi connectivity index (χ3n) is 6.33. The highest BCUT2D eigenvalue weighted by atomic mass is 19.1. The van der Waals surface area contributed by atoms with Gasteiger partial charge in [-0.05, 0) is 42.0 Å². The molecular formula is C25H24FN3O2. The Labute approximate surface area is 180 Å². The van der Waals surface area contributed by atoms with Gasteiger partial charge in [-0.2, -0.15) is 0 Å². The normalized spacial score (nSPS) is 19.9. The van der Waals surface area contributed by atoms with Crippen molar-refractivity contribution in [2.24, 2.45) is 11.8 Å². The van der Waals surface area contributed by atoms with E-state index in [0.717, 1.165) is 53.5 Å². The monoisotopic (exact) mass is 417 g/mol. The number of amides is 1. The van der Waals surface area contributed by atoms with Crippen molar-refractivity contribution in [3.05, 3.63) is 70.6 Å². The van der Waals surface area contributed by atoms with Crippen LogP contribution in [0.2, 0.25) is 0 Å². The number of ketones is 1. The standard InChI is InChI=1S/C25H24FN3O2/c1-15-14-29(25(31)20-7-9-27-13-22(20)26)10-8-18(15)21-11-17(12-24(30)16-5-6-16)28-23-4-2-3-19(21)23/h2-3,7-9,11,13,15-16H,4-6,10,12,14H2,1H3. The largest absolute Gasteiger partial charge is 0.334 e. The quantitative estimate of drug-likeness (QED) is 0.741. The van der Waals surface area contributed by atoms with Crippen LogP contribution in [-0.4, -0.2) is 39.6 Å². The maximum absolute atomic E-state index is 14.0. The molecule has 3 heterocycles. The fourth-order valence-corrected chi connectivity index (χ4v) is 4.53. The van der Waals surface area contributed by atoms with E-state index >= 15 is 0 Å². The highest BCUT2D eigenvalue weighted by Gasteiger charge is 2.31. The van der Waals surface area contributed by atoms with E-state index in [-0.39, 0.29) is 29.1 Å². The second-order valence-electron chi connectivity index (χ2n) is 8.67. The van der Waals surface area contributed by atoms with E-state index in [9.17, 15) is 14.0 Å². The minimum absolute atomic E-state index is 0.0488. The minimum atomic E-state index is -0.600. The molecule has 0 radical (unpaired) electrons. The van der Waals surface area contributed by atoms with E-state index in [2.05, 4.69) is 36.2 Å². The van der Waals surface area contributed by atoms with Crippen LogP contribution in [0.1, 0.15) is 52.6 Å². The maximum Gasteiger partial charge on any atom is 0.257 e. The molecule has 1 aliphatic heterocycles. The summed E-state index contributed by atoms with van der Waals surface area (Å²) in [5.41, 5.74) is 5.27. The molecule has 2 aromatic heterocycles. The van der Waals surface area contributed by atoms with Gasteiger partial charge in [-0.15, -0.1) is 0 Å².